The topological polar surface area (TPSA) is 120 Å². The van der Waals surface area contributed by atoms with E-state index in [4.69, 9.17) is 16.3 Å². The number of fused-ring (bicyclic) bond motifs is 2. The van der Waals surface area contributed by atoms with E-state index in [1.165, 1.54) is 12.1 Å². The second-order valence-electron chi connectivity index (χ2n) is 6.83. The molecule has 4 rings (SSSR count). The average molecular weight is 440 g/mol. The highest BCUT2D eigenvalue weighted by molar-refractivity contribution is 6.32. The molecular weight excluding hydrogens is 426 g/mol. The van der Waals surface area contributed by atoms with E-state index in [0.29, 0.717) is 21.1 Å². The number of halogens is 1. The van der Waals surface area contributed by atoms with E-state index in [-0.39, 0.29) is 17.7 Å². The Morgan fingerprint density at radius 3 is 2.65 bits per heavy atom. The van der Waals surface area contributed by atoms with Crippen molar-refractivity contribution < 1.29 is 24.0 Å². The summed E-state index contributed by atoms with van der Waals surface area (Å²) in [6.07, 6.45) is 0. The maximum Gasteiger partial charge on any atom is 0.326 e. The number of esters is 1. The minimum absolute atomic E-state index is 0.123. The van der Waals surface area contributed by atoms with Crippen LogP contribution in [-0.2, 0) is 16.1 Å². The third kappa shape index (κ3) is 3.49. The Bertz CT molecular complexity index is 1290. The first-order valence-electron chi connectivity index (χ1n) is 9.12. The van der Waals surface area contributed by atoms with Crippen molar-refractivity contribution in [2.24, 2.45) is 0 Å². The van der Waals surface area contributed by atoms with Crippen LogP contribution >= 0.6 is 11.6 Å². The van der Waals surface area contributed by atoms with Gasteiger partial charge < -0.3 is 4.74 Å². The number of carbonyl (C=O) groups is 3. The molecule has 2 aromatic carbocycles. The van der Waals surface area contributed by atoms with Gasteiger partial charge in [0.25, 0.3) is 17.5 Å². The first-order chi connectivity index (χ1) is 14.8. The highest BCUT2D eigenvalue weighted by Crippen LogP contribution is 2.31. The van der Waals surface area contributed by atoms with Crippen molar-refractivity contribution in [3.8, 4) is 0 Å². The molecule has 156 valence electrons. The van der Waals surface area contributed by atoms with Crippen molar-refractivity contribution in [2.45, 2.75) is 13.5 Å². The van der Waals surface area contributed by atoms with Gasteiger partial charge in [-0.05, 0) is 24.6 Å². The molecule has 0 bridgehead atoms. The van der Waals surface area contributed by atoms with Crippen molar-refractivity contribution in [1.82, 2.24) is 9.88 Å². The minimum Gasteiger partial charge on any atom is -0.458 e. The van der Waals surface area contributed by atoms with Crippen LogP contribution in [0.5, 0.6) is 0 Å². The lowest BCUT2D eigenvalue weighted by Gasteiger charge is -2.14. The molecule has 10 heteroatoms. The molecule has 1 aliphatic rings. The predicted octanol–water partition coefficient (Wildman–Crippen LogP) is 3.44. The molecule has 0 unspecified atom stereocenters. The van der Waals surface area contributed by atoms with Gasteiger partial charge in [0.1, 0.15) is 18.7 Å². The molecule has 0 spiro atoms. The number of carbonyl (C=O) groups excluding carboxylic acids is 3. The molecular formula is C21H14ClN3O6. The maximum absolute atomic E-state index is 12.5. The number of benzene rings is 2. The number of imide groups is 1. The van der Waals surface area contributed by atoms with Gasteiger partial charge in [-0.1, -0.05) is 35.9 Å². The third-order valence-corrected chi connectivity index (χ3v) is 5.48. The lowest BCUT2D eigenvalue weighted by Crippen LogP contribution is -2.35. The van der Waals surface area contributed by atoms with Gasteiger partial charge in [-0.25, -0.2) is 4.98 Å². The number of hydrogen-bond donors (Lipinski definition) is 0. The molecule has 1 aromatic heterocycles. The summed E-state index contributed by atoms with van der Waals surface area (Å²) in [6, 6.07) is 11.1. The number of nitro benzene ring substituents is 1. The number of ether oxygens (including phenoxy) is 1. The first kappa shape index (κ1) is 20.4. The maximum atomic E-state index is 12.5. The summed E-state index contributed by atoms with van der Waals surface area (Å²) in [4.78, 5) is 52.8. The van der Waals surface area contributed by atoms with Gasteiger partial charge in [-0.3, -0.25) is 29.4 Å². The normalized spacial score (nSPS) is 12.9. The Hall–Kier alpha value is -3.85. The summed E-state index contributed by atoms with van der Waals surface area (Å²) >= 11 is 6.34. The third-order valence-electron chi connectivity index (χ3n) is 4.98. The number of hydrogen-bond acceptors (Lipinski definition) is 7. The van der Waals surface area contributed by atoms with E-state index in [0.717, 1.165) is 17.0 Å². The molecule has 3 aromatic rings. The van der Waals surface area contributed by atoms with Crippen LogP contribution in [0.4, 0.5) is 5.69 Å². The Kier molecular flexibility index (Phi) is 5.12. The second kappa shape index (κ2) is 7.77. The highest BCUT2D eigenvalue weighted by Gasteiger charge is 2.41. The number of nitrogens with zero attached hydrogens (tertiary/aromatic N) is 3. The van der Waals surface area contributed by atoms with Crippen LogP contribution in [-0.4, -0.2) is 39.1 Å². The van der Waals surface area contributed by atoms with Crippen LogP contribution < -0.4 is 0 Å². The van der Waals surface area contributed by atoms with E-state index in [1.54, 1.807) is 6.07 Å². The van der Waals surface area contributed by atoms with E-state index < -0.39 is 34.9 Å². The van der Waals surface area contributed by atoms with Crippen molar-refractivity contribution >= 4 is 46.0 Å². The Balaban J connectivity index is 1.50. The lowest BCUT2D eigenvalue weighted by molar-refractivity contribution is -0.385. The molecule has 0 N–H and O–H groups in total. The molecule has 0 saturated carbocycles. The Morgan fingerprint density at radius 1 is 1.16 bits per heavy atom. The van der Waals surface area contributed by atoms with Gasteiger partial charge in [0.05, 0.1) is 26.7 Å². The zero-order chi connectivity index (χ0) is 22.3. The zero-order valence-electron chi connectivity index (χ0n) is 16.1. The van der Waals surface area contributed by atoms with Gasteiger partial charge in [0, 0.05) is 11.5 Å². The molecule has 0 fully saturated rings. The van der Waals surface area contributed by atoms with E-state index in [2.05, 4.69) is 4.98 Å². The zero-order valence-corrected chi connectivity index (χ0v) is 16.9. The van der Waals surface area contributed by atoms with Crippen LogP contribution in [0, 0.1) is 17.0 Å². The van der Waals surface area contributed by atoms with Gasteiger partial charge in [-0.15, -0.1) is 0 Å². The van der Waals surface area contributed by atoms with Gasteiger partial charge in [-0.2, -0.15) is 0 Å². The molecule has 0 radical (unpaired) electrons. The Morgan fingerprint density at radius 2 is 1.90 bits per heavy atom. The van der Waals surface area contributed by atoms with E-state index in [1.807, 2.05) is 25.1 Å². The Labute approximate surface area is 180 Å². The molecule has 0 aliphatic carbocycles. The number of nitro groups is 1. The summed E-state index contributed by atoms with van der Waals surface area (Å²) < 4.78 is 5.18. The SMILES string of the molecule is Cc1c(Cl)c(COC(=O)CN2C(=O)c3cccc([N+](=O)[O-])c3C2=O)nc2ccccc12. The molecule has 2 heterocycles. The molecule has 0 saturated heterocycles. The van der Waals surface area contributed by atoms with Crippen LogP contribution in [0.1, 0.15) is 32.0 Å². The highest BCUT2D eigenvalue weighted by atomic mass is 35.5. The van der Waals surface area contributed by atoms with E-state index in [9.17, 15) is 24.5 Å². The number of aryl methyl sites for hydroxylation is 1. The molecule has 9 nitrogen and oxygen atoms in total. The monoisotopic (exact) mass is 439 g/mol. The lowest BCUT2D eigenvalue weighted by atomic mass is 10.1. The summed E-state index contributed by atoms with van der Waals surface area (Å²) in [6.45, 7) is 0.879. The number of pyridine rings is 1. The smallest absolute Gasteiger partial charge is 0.326 e. The summed E-state index contributed by atoms with van der Waals surface area (Å²) in [5.74, 6) is -2.58. The van der Waals surface area contributed by atoms with Crippen molar-refractivity contribution in [1.29, 1.82) is 0 Å². The van der Waals surface area contributed by atoms with Crippen LogP contribution in [0.25, 0.3) is 10.9 Å². The number of aromatic nitrogens is 1. The number of para-hydroxylation sites is 1. The summed E-state index contributed by atoms with van der Waals surface area (Å²) in [7, 11) is 0. The number of amides is 2. The van der Waals surface area contributed by atoms with Gasteiger partial charge >= 0.3 is 5.97 Å². The summed E-state index contributed by atoms with van der Waals surface area (Å²) in [5, 5.41) is 12.4. The van der Waals surface area contributed by atoms with E-state index >= 15 is 0 Å². The average Bonchev–Trinajstić information content (AvgIpc) is 3.00. The van der Waals surface area contributed by atoms with Gasteiger partial charge in [0.15, 0.2) is 0 Å². The minimum atomic E-state index is -0.915. The van der Waals surface area contributed by atoms with Crippen LogP contribution in [0.2, 0.25) is 5.02 Å². The number of rotatable bonds is 5. The quantitative estimate of drug-likeness (QED) is 0.258. The largest absolute Gasteiger partial charge is 0.458 e. The molecule has 0 atom stereocenters. The first-order valence-corrected chi connectivity index (χ1v) is 9.50. The molecule has 2 amide bonds. The van der Waals surface area contributed by atoms with Gasteiger partial charge in [0.2, 0.25) is 0 Å². The van der Waals surface area contributed by atoms with Crippen LogP contribution in [0.15, 0.2) is 42.5 Å². The van der Waals surface area contributed by atoms with Crippen molar-refractivity contribution in [3.63, 3.8) is 0 Å². The van der Waals surface area contributed by atoms with Crippen molar-refractivity contribution in [2.75, 3.05) is 6.54 Å². The molecule has 1 aliphatic heterocycles. The predicted molar refractivity (Wildman–Crippen MR) is 110 cm³/mol. The fourth-order valence-corrected chi connectivity index (χ4v) is 3.65. The fourth-order valence-electron chi connectivity index (χ4n) is 3.45. The van der Waals surface area contributed by atoms with Crippen molar-refractivity contribution in [3.05, 3.63) is 80.0 Å². The summed E-state index contributed by atoms with van der Waals surface area (Å²) in [5.41, 5.74) is 0.856. The standard InChI is InChI=1S/C21H14ClN3O6/c1-11-12-5-2-3-7-14(12)23-15(19(11)22)10-31-17(26)9-24-20(27)13-6-4-8-16(25(29)30)18(13)21(24)28/h2-8H,9-10H2,1H3. The second-order valence-corrected chi connectivity index (χ2v) is 7.21. The fraction of sp³-hybridized carbons (Fsp3) is 0.143. The molecule has 31 heavy (non-hydrogen) atoms. The van der Waals surface area contributed by atoms with Crippen LogP contribution in [0.3, 0.4) is 0 Å².